The molecule has 1 aliphatic heterocycles. The Hall–Kier alpha value is -0.0800. The summed E-state index contributed by atoms with van der Waals surface area (Å²) in [5.41, 5.74) is 6.05. The Bertz CT molecular complexity index is 138. The molecule has 1 aliphatic rings. The molecule has 0 bridgehead atoms. The van der Waals surface area contributed by atoms with E-state index >= 15 is 0 Å². The van der Waals surface area contributed by atoms with Gasteiger partial charge in [-0.15, -0.1) is 0 Å². The topological polar surface area (TPSA) is 29.3 Å². The maximum Gasteiger partial charge on any atom is 0.0171 e. The Morgan fingerprint density at radius 1 is 1.15 bits per heavy atom. The van der Waals surface area contributed by atoms with E-state index in [4.69, 9.17) is 5.73 Å². The van der Waals surface area contributed by atoms with Crippen LogP contribution < -0.4 is 5.73 Å². The van der Waals surface area contributed by atoms with E-state index in [9.17, 15) is 0 Å². The van der Waals surface area contributed by atoms with Crippen LogP contribution in [0.2, 0.25) is 0 Å². The average molecular weight is 184 g/mol. The van der Waals surface area contributed by atoms with Crippen LogP contribution in [0.1, 0.15) is 34.1 Å². The van der Waals surface area contributed by atoms with Gasteiger partial charge in [0.1, 0.15) is 0 Å². The fourth-order valence-electron chi connectivity index (χ4n) is 2.12. The van der Waals surface area contributed by atoms with Gasteiger partial charge in [-0.3, -0.25) is 4.90 Å². The molecule has 0 saturated carbocycles. The van der Waals surface area contributed by atoms with Crippen molar-refractivity contribution < 1.29 is 0 Å². The summed E-state index contributed by atoms with van der Waals surface area (Å²) in [4.78, 5) is 2.51. The summed E-state index contributed by atoms with van der Waals surface area (Å²) in [6.45, 7) is 11.5. The Kier molecular flexibility index (Phi) is 3.74. The van der Waals surface area contributed by atoms with Gasteiger partial charge in [0.2, 0.25) is 0 Å². The third kappa shape index (κ3) is 2.96. The number of hydrogen-bond acceptors (Lipinski definition) is 2. The molecule has 2 N–H and O–H groups in total. The van der Waals surface area contributed by atoms with Crippen LogP contribution in [0.3, 0.4) is 0 Å². The number of nitrogens with zero attached hydrogens (tertiary/aromatic N) is 1. The highest BCUT2D eigenvalue weighted by Crippen LogP contribution is 2.23. The predicted molar refractivity (Wildman–Crippen MR) is 57.6 cm³/mol. The van der Waals surface area contributed by atoms with Crippen molar-refractivity contribution in [2.45, 2.75) is 46.2 Å². The number of likely N-dealkylation sites (tertiary alicyclic amines) is 1. The van der Waals surface area contributed by atoms with Crippen molar-refractivity contribution >= 4 is 0 Å². The molecule has 1 saturated heterocycles. The standard InChI is InChI=1S/C11H24N2/c1-8(2)10-5-11(12)7-13(6-10)9(3)4/h8-11H,5-7,12H2,1-4H3. The van der Waals surface area contributed by atoms with Gasteiger partial charge in [0.25, 0.3) is 0 Å². The van der Waals surface area contributed by atoms with Crippen molar-refractivity contribution in [2.75, 3.05) is 13.1 Å². The van der Waals surface area contributed by atoms with Crippen molar-refractivity contribution in [3.8, 4) is 0 Å². The molecule has 78 valence electrons. The van der Waals surface area contributed by atoms with Crippen molar-refractivity contribution in [3.63, 3.8) is 0 Å². The van der Waals surface area contributed by atoms with Gasteiger partial charge in [-0.2, -0.15) is 0 Å². The van der Waals surface area contributed by atoms with Crippen LogP contribution in [0, 0.1) is 11.8 Å². The molecule has 1 fully saturated rings. The third-order valence-corrected chi connectivity index (χ3v) is 3.22. The molecule has 0 aromatic heterocycles. The van der Waals surface area contributed by atoms with Crippen LogP contribution in [0.5, 0.6) is 0 Å². The number of rotatable bonds is 2. The third-order valence-electron chi connectivity index (χ3n) is 3.22. The average Bonchev–Trinajstić information content (AvgIpc) is 2.03. The minimum absolute atomic E-state index is 0.392. The number of hydrogen-bond donors (Lipinski definition) is 1. The number of piperidine rings is 1. The van der Waals surface area contributed by atoms with Gasteiger partial charge >= 0.3 is 0 Å². The van der Waals surface area contributed by atoms with Crippen molar-refractivity contribution in [2.24, 2.45) is 17.6 Å². The molecule has 0 aromatic carbocycles. The van der Waals surface area contributed by atoms with Crippen LogP contribution >= 0.6 is 0 Å². The lowest BCUT2D eigenvalue weighted by Gasteiger charge is -2.40. The lowest BCUT2D eigenvalue weighted by molar-refractivity contribution is 0.102. The van der Waals surface area contributed by atoms with Crippen molar-refractivity contribution in [1.29, 1.82) is 0 Å². The molecule has 0 amide bonds. The first-order valence-electron chi connectivity index (χ1n) is 5.50. The van der Waals surface area contributed by atoms with E-state index in [2.05, 4.69) is 32.6 Å². The van der Waals surface area contributed by atoms with E-state index in [1.165, 1.54) is 13.0 Å². The lowest BCUT2D eigenvalue weighted by Crippen LogP contribution is -2.50. The smallest absolute Gasteiger partial charge is 0.0171 e. The molecule has 1 heterocycles. The van der Waals surface area contributed by atoms with Crippen LogP contribution in [0.25, 0.3) is 0 Å². The molecule has 0 spiro atoms. The Balaban J connectivity index is 2.52. The summed E-state index contributed by atoms with van der Waals surface area (Å²) in [5, 5.41) is 0. The fraction of sp³-hybridized carbons (Fsp3) is 1.00. The minimum Gasteiger partial charge on any atom is -0.327 e. The Morgan fingerprint density at radius 3 is 2.23 bits per heavy atom. The summed E-state index contributed by atoms with van der Waals surface area (Å²) in [6.07, 6.45) is 1.21. The predicted octanol–water partition coefficient (Wildman–Crippen LogP) is 1.70. The van der Waals surface area contributed by atoms with E-state index in [1.807, 2.05) is 0 Å². The molecule has 0 aliphatic carbocycles. The van der Waals surface area contributed by atoms with E-state index < -0.39 is 0 Å². The van der Waals surface area contributed by atoms with Crippen LogP contribution in [-0.4, -0.2) is 30.1 Å². The maximum atomic E-state index is 6.05. The number of nitrogens with two attached hydrogens (primary N) is 1. The molecule has 1 rings (SSSR count). The van der Waals surface area contributed by atoms with Crippen molar-refractivity contribution in [3.05, 3.63) is 0 Å². The second-order valence-electron chi connectivity index (χ2n) is 5.05. The highest BCUT2D eigenvalue weighted by molar-refractivity contribution is 4.84. The molecule has 2 atom stereocenters. The van der Waals surface area contributed by atoms with Gasteiger partial charge in [-0.1, -0.05) is 13.8 Å². The van der Waals surface area contributed by atoms with Crippen molar-refractivity contribution in [1.82, 2.24) is 4.90 Å². The first-order valence-corrected chi connectivity index (χ1v) is 5.50. The lowest BCUT2D eigenvalue weighted by atomic mass is 9.85. The highest BCUT2D eigenvalue weighted by Gasteiger charge is 2.27. The van der Waals surface area contributed by atoms with Gasteiger partial charge in [0, 0.05) is 25.2 Å². The molecular weight excluding hydrogens is 160 g/mol. The Labute approximate surface area is 82.5 Å². The van der Waals surface area contributed by atoms with Crippen LogP contribution in [-0.2, 0) is 0 Å². The van der Waals surface area contributed by atoms with E-state index in [0.717, 1.165) is 18.4 Å². The summed E-state index contributed by atoms with van der Waals surface area (Å²) >= 11 is 0. The van der Waals surface area contributed by atoms with Crippen LogP contribution in [0.4, 0.5) is 0 Å². The molecule has 13 heavy (non-hydrogen) atoms. The first-order chi connectivity index (χ1) is 6.00. The van der Waals surface area contributed by atoms with E-state index in [0.29, 0.717) is 12.1 Å². The van der Waals surface area contributed by atoms with Gasteiger partial charge < -0.3 is 5.73 Å². The normalized spacial score (nSPS) is 31.6. The fourth-order valence-corrected chi connectivity index (χ4v) is 2.12. The molecular formula is C11H24N2. The first kappa shape index (κ1) is 11.0. The quantitative estimate of drug-likeness (QED) is 0.708. The maximum absolute atomic E-state index is 6.05. The molecule has 2 nitrogen and oxygen atoms in total. The van der Waals surface area contributed by atoms with Gasteiger partial charge in [0.05, 0.1) is 0 Å². The van der Waals surface area contributed by atoms with Gasteiger partial charge in [0.15, 0.2) is 0 Å². The monoisotopic (exact) mass is 184 g/mol. The molecule has 0 radical (unpaired) electrons. The van der Waals surface area contributed by atoms with Gasteiger partial charge in [-0.25, -0.2) is 0 Å². The molecule has 0 aromatic rings. The summed E-state index contributed by atoms with van der Waals surface area (Å²) in [7, 11) is 0. The van der Waals surface area contributed by atoms with E-state index in [1.54, 1.807) is 0 Å². The molecule has 2 unspecified atom stereocenters. The second-order valence-corrected chi connectivity index (χ2v) is 5.05. The highest BCUT2D eigenvalue weighted by atomic mass is 15.2. The largest absolute Gasteiger partial charge is 0.327 e. The summed E-state index contributed by atoms with van der Waals surface area (Å²) in [5.74, 6) is 1.57. The zero-order valence-electron chi connectivity index (χ0n) is 9.46. The van der Waals surface area contributed by atoms with Gasteiger partial charge in [-0.05, 0) is 32.1 Å². The zero-order chi connectivity index (χ0) is 10.0. The SMILES string of the molecule is CC(C)C1CC(N)CN(C(C)C)C1. The molecule has 2 heteroatoms. The second kappa shape index (κ2) is 4.43. The summed E-state index contributed by atoms with van der Waals surface area (Å²) in [6, 6.07) is 1.04. The minimum atomic E-state index is 0.392. The summed E-state index contributed by atoms with van der Waals surface area (Å²) < 4.78 is 0. The van der Waals surface area contributed by atoms with E-state index in [-0.39, 0.29) is 0 Å². The zero-order valence-corrected chi connectivity index (χ0v) is 9.46. The Morgan fingerprint density at radius 2 is 1.77 bits per heavy atom. The van der Waals surface area contributed by atoms with Crippen LogP contribution in [0.15, 0.2) is 0 Å².